The van der Waals surface area contributed by atoms with Gasteiger partial charge in [-0.2, -0.15) is 0 Å². The van der Waals surface area contributed by atoms with Gasteiger partial charge in [0.2, 0.25) is 5.91 Å². The van der Waals surface area contributed by atoms with Gasteiger partial charge in [-0.05, 0) is 37.1 Å². The van der Waals surface area contributed by atoms with E-state index in [4.69, 9.17) is 0 Å². The second-order valence-corrected chi connectivity index (χ2v) is 6.58. The molecule has 0 bridgehead atoms. The molecule has 1 aliphatic rings. The van der Waals surface area contributed by atoms with Crippen LogP contribution in [0.2, 0.25) is 0 Å². The number of carbonyl (C=O) groups is 1. The molecule has 0 atom stereocenters. The number of nitrogens with zero attached hydrogens (tertiary/aromatic N) is 1. The zero-order valence-corrected chi connectivity index (χ0v) is 13.1. The Hall–Kier alpha value is -1.61. The van der Waals surface area contributed by atoms with Crippen LogP contribution in [0, 0.1) is 0 Å². The molecule has 2 aromatic rings. The lowest BCUT2D eigenvalue weighted by Crippen LogP contribution is -2.35. The fourth-order valence-electron chi connectivity index (χ4n) is 2.74. The number of halogens is 1. The van der Waals surface area contributed by atoms with Crippen molar-refractivity contribution in [1.29, 1.82) is 0 Å². The highest BCUT2D eigenvalue weighted by Gasteiger charge is 2.43. The maximum Gasteiger partial charge on any atom is 0.237 e. The van der Waals surface area contributed by atoms with Gasteiger partial charge >= 0.3 is 0 Å². The molecule has 2 nitrogen and oxygen atoms in total. The molecule has 0 aliphatic carbocycles. The molecule has 0 aromatic heterocycles. The summed E-state index contributed by atoms with van der Waals surface area (Å²) in [6, 6.07) is 16.2. The normalized spacial score (nSPS) is 16.4. The van der Waals surface area contributed by atoms with Crippen LogP contribution in [-0.4, -0.2) is 5.91 Å². The van der Waals surface area contributed by atoms with Crippen LogP contribution in [0.3, 0.4) is 0 Å². The van der Waals surface area contributed by atoms with Crippen LogP contribution >= 0.6 is 15.9 Å². The first-order valence-corrected chi connectivity index (χ1v) is 7.45. The maximum atomic E-state index is 12.7. The van der Waals surface area contributed by atoms with E-state index in [1.165, 1.54) is 0 Å². The highest BCUT2D eigenvalue weighted by Crippen LogP contribution is 2.43. The first kappa shape index (κ1) is 13.4. The van der Waals surface area contributed by atoms with E-state index in [-0.39, 0.29) is 5.91 Å². The Balaban J connectivity index is 2.05. The Morgan fingerprint density at radius 2 is 1.80 bits per heavy atom. The molecule has 3 heteroatoms. The molecule has 102 valence electrons. The van der Waals surface area contributed by atoms with Crippen molar-refractivity contribution in [3.8, 4) is 0 Å². The largest absolute Gasteiger partial charge is 0.307 e. The van der Waals surface area contributed by atoms with E-state index in [1.807, 2.05) is 55.1 Å². The molecule has 1 amide bonds. The highest BCUT2D eigenvalue weighted by atomic mass is 79.9. The van der Waals surface area contributed by atoms with Crippen LogP contribution in [0.5, 0.6) is 0 Å². The second-order valence-electron chi connectivity index (χ2n) is 5.66. The van der Waals surface area contributed by atoms with Crippen LogP contribution in [0.4, 0.5) is 5.69 Å². The molecule has 0 N–H and O–H groups in total. The summed E-state index contributed by atoms with van der Waals surface area (Å²) in [7, 11) is 0. The van der Waals surface area contributed by atoms with Crippen molar-refractivity contribution in [2.45, 2.75) is 25.8 Å². The van der Waals surface area contributed by atoms with E-state index >= 15 is 0 Å². The molecule has 0 spiro atoms. The predicted molar refractivity (Wildman–Crippen MR) is 84.8 cm³/mol. The first-order chi connectivity index (χ1) is 9.50. The minimum Gasteiger partial charge on any atom is -0.307 e. The van der Waals surface area contributed by atoms with Gasteiger partial charge in [-0.1, -0.05) is 52.3 Å². The molecule has 1 aliphatic heterocycles. The van der Waals surface area contributed by atoms with Crippen molar-refractivity contribution >= 4 is 27.5 Å². The van der Waals surface area contributed by atoms with Crippen molar-refractivity contribution in [2.75, 3.05) is 4.90 Å². The van der Waals surface area contributed by atoms with Gasteiger partial charge in [-0.15, -0.1) is 0 Å². The Labute approximate surface area is 127 Å². The van der Waals surface area contributed by atoms with Gasteiger partial charge in [-0.3, -0.25) is 4.79 Å². The zero-order valence-electron chi connectivity index (χ0n) is 11.6. The second kappa shape index (κ2) is 4.74. The van der Waals surface area contributed by atoms with Crippen molar-refractivity contribution in [2.24, 2.45) is 0 Å². The fraction of sp³-hybridized carbons (Fsp3) is 0.235. The van der Waals surface area contributed by atoms with E-state index < -0.39 is 5.41 Å². The number of hydrogen-bond donors (Lipinski definition) is 0. The molecule has 1 heterocycles. The van der Waals surface area contributed by atoms with E-state index in [0.717, 1.165) is 21.3 Å². The minimum atomic E-state index is -0.454. The average molecular weight is 330 g/mol. The third kappa shape index (κ3) is 2.06. The number of hydrogen-bond acceptors (Lipinski definition) is 1. The van der Waals surface area contributed by atoms with Crippen LogP contribution in [0.1, 0.15) is 25.0 Å². The predicted octanol–water partition coefficient (Wildman–Crippen LogP) is 4.27. The van der Waals surface area contributed by atoms with Crippen molar-refractivity contribution < 1.29 is 4.79 Å². The Morgan fingerprint density at radius 3 is 2.50 bits per heavy atom. The molecular formula is C17H16BrNO. The number of fused-ring (bicyclic) bond motifs is 1. The summed E-state index contributed by atoms with van der Waals surface area (Å²) < 4.78 is 1.000. The Bertz CT molecular complexity index is 664. The van der Waals surface area contributed by atoms with E-state index in [9.17, 15) is 4.79 Å². The lowest BCUT2D eigenvalue weighted by molar-refractivity contribution is -0.122. The average Bonchev–Trinajstić information content (AvgIpc) is 2.61. The quantitative estimate of drug-likeness (QED) is 0.805. The number of rotatable bonds is 2. The Morgan fingerprint density at radius 1 is 1.10 bits per heavy atom. The van der Waals surface area contributed by atoms with Crippen molar-refractivity contribution in [3.63, 3.8) is 0 Å². The minimum absolute atomic E-state index is 0.162. The van der Waals surface area contributed by atoms with Gasteiger partial charge in [0.15, 0.2) is 0 Å². The maximum absolute atomic E-state index is 12.7. The van der Waals surface area contributed by atoms with Gasteiger partial charge in [0.05, 0.1) is 12.0 Å². The van der Waals surface area contributed by atoms with Gasteiger partial charge in [-0.25, -0.2) is 0 Å². The lowest BCUT2D eigenvalue weighted by atomic mass is 9.86. The van der Waals surface area contributed by atoms with Gasteiger partial charge < -0.3 is 4.90 Å². The molecular weight excluding hydrogens is 314 g/mol. The van der Waals surface area contributed by atoms with Crippen LogP contribution in [0.15, 0.2) is 53.0 Å². The number of carbonyl (C=O) groups excluding carboxylic acids is 1. The number of amides is 1. The number of benzene rings is 2. The summed E-state index contributed by atoms with van der Waals surface area (Å²) >= 11 is 3.50. The standard InChI is InChI=1S/C17H16BrNO/c1-17(2)14-9-8-13(18)10-15(14)19(16(17)20)11-12-6-4-3-5-7-12/h3-10H,11H2,1-2H3. The summed E-state index contributed by atoms with van der Waals surface area (Å²) in [5, 5.41) is 0. The monoisotopic (exact) mass is 329 g/mol. The Kier molecular flexibility index (Phi) is 3.17. The molecule has 0 unspecified atom stereocenters. The van der Waals surface area contributed by atoms with E-state index in [0.29, 0.717) is 6.54 Å². The lowest BCUT2D eigenvalue weighted by Gasteiger charge is -2.20. The zero-order chi connectivity index (χ0) is 14.3. The number of anilines is 1. The smallest absolute Gasteiger partial charge is 0.237 e. The van der Waals surface area contributed by atoms with Gasteiger partial charge in [0.1, 0.15) is 0 Å². The van der Waals surface area contributed by atoms with Gasteiger partial charge in [0.25, 0.3) is 0 Å². The topological polar surface area (TPSA) is 20.3 Å². The third-order valence-corrected chi connectivity index (χ3v) is 4.38. The highest BCUT2D eigenvalue weighted by molar-refractivity contribution is 9.10. The summed E-state index contributed by atoms with van der Waals surface area (Å²) in [5.41, 5.74) is 2.80. The molecule has 0 radical (unpaired) electrons. The van der Waals surface area contributed by atoms with Crippen LogP contribution in [0.25, 0.3) is 0 Å². The molecule has 0 saturated heterocycles. The molecule has 0 saturated carbocycles. The summed E-state index contributed by atoms with van der Waals surface area (Å²) in [6.45, 7) is 4.60. The molecule has 0 fully saturated rings. The van der Waals surface area contributed by atoms with Gasteiger partial charge in [0, 0.05) is 10.2 Å². The fourth-order valence-corrected chi connectivity index (χ4v) is 3.09. The summed E-state index contributed by atoms with van der Waals surface area (Å²) in [5.74, 6) is 0.162. The van der Waals surface area contributed by atoms with Crippen LogP contribution in [-0.2, 0) is 16.8 Å². The molecule has 2 aromatic carbocycles. The molecule has 3 rings (SSSR count). The van der Waals surface area contributed by atoms with E-state index in [1.54, 1.807) is 0 Å². The third-order valence-electron chi connectivity index (χ3n) is 3.89. The summed E-state index contributed by atoms with van der Waals surface area (Å²) in [4.78, 5) is 14.6. The first-order valence-electron chi connectivity index (χ1n) is 6.66. The van der Waals surface area contributed by atoms with Crippen LogP contribution < -0.4 is 4.90 Å². The van der Waals surface area contributed by atoms with Crippen molar-refractivity contribution in [1.82, 2.24) is 0 Å². The van der Waals surface area contributed by atoms with Crippen molar-refractivity contribution in [3.05, 3.63) is 64.1 Å². The SMILES string of the molecule is CC1(C)C(=O)N(Cc2ccccc2)c2cc(Br)ccc21. The van der Waals surface area contributed by atoms with E-state index in [2.05, 4.69) is 28.1 Å². The molecule has 20 heavy (non-hydrogen) atoms. The summed E-state index contributed by atoms with van der Waals surface area (Å²) in [6.07, 6.45) is 0.